The maximum atomic E-state index is 10.1. The molecule has 0 radical (unpaired) electrons. The summed E-state index contributed by atoms with van der Waals surface area (Å²) in [5.74, 6) is 0.908. The maximum Gasteiger partial charge on any atom is 0.151 e. The average molecular weight is 307 g/mol. The topological polar surface area (TPSA) is 38.0 Å². The highest BCUT2D eigenvalue weighted by molar-refractivity contribution is 9.10. The van der Waals surface area contributed by atoms with Crippen molar-refractivity contribution < 1.29 is 5.11 Å². The molecule has 1 aliphatic rings. The monoisotopic (exact) mass is 306 g/mol. The van der Waals surface area contributed by atoms with Gasteiger partial charge in [0, 0.05) is 23.1 Å². The number of nitrogens with zero attached hydrogens (tertiary/aromatic N) is 2. The predicted molar refractivity (Wildman–Crippen MR) is 73.9 cm³/mol. The summed E-state index contributed by atoms with van der Waals surface area (Å²) < 4.78 is 3.13. The molecule has 0 aliphatic heterocycles. The fraction of sp³-hybridized carbons (Fsp3) is 0.357. The fourth-order valence-electron chi connectivity index (χ4n) is 2.71. The predicted octanol–water partition coefficient (Wildman–Crippen LogP) is 3.31. The number of aliphatic hydroxyl groups is 1. The third-order valence-corrected chi connectivity index (χ3v) is 4.14. The maximum absolute atomic E-state index is 10.1. The van der Waals surface area contributed by atoms with Gasteiger partial charge in [-0.15, -0.1) is 0 Å². The van der Waals surface area contributed by atoms with Crippen molar-refractivity contribution in [2.75, 3.05) is 0 Å². The van der Waals surface area contributed by atoms with Crippen LogP contribution >= 0.6 is 15.9 Å². The van der Waals surface area contributed by atoms with Crippen LogP contribution in [0.5, 0.6) is 0 Å². The van der Waals surface area contributed by atoms with Crippen molar-refractivity contribution in [3.05, 3.63) is 45.8 Å². The first-order valence-electron chi connectivity index (χ1n) is 6.18. The standard InChI is InChI=1S/C14H15BrN2O/c1-9-8-10-12(5-2-6-13(10)18)17(9)14-11(15)4-3-7-16-14/h3-4,7-8,13,18H,2,5-6H2,1H3. The Hall–Kier alpha value is -1.13. The number of rotatable bonds is 1. The molecule has 1 aliphatic carbocycles. The van der Waals surface area contributed by atoms with Crippen molar-refractivity contribution in [1.29, 1.82) is 0 Å². The highest BCUT2D eigenvalue weighted by Gasteiger charge is 2.24. The summed E-state index contributed by atoms with van der Waals surface area (Å²) in [6, 6.07) is 5.99. The lowest BCUT2D eigenvalue weighted by Gasteiger charge is -2.20. The first-order chi connectivity index (χ1) is 8.68. The lowest BCUT2D eigenvalue weighted by atomic mass is 9.95. The third kappa shape index (κ3) is 1.80. The Labute approximate surface area is 115 Å². The Balaban J connectivity index is 2.22. The van der Waals surface area contributed by atoms with E-state index in [1.807, 2.05) is 12.1 Å². The van der Waals surface area contributed by atoms with Crippen molar-refractivity contribution in [2.45, 2.75) is 32.3 Å². The van der Waals surface area contributed by atoms with Crippen LogP contribution in [0, 0.1) is 6.92 Å². The van der Waals surface area contributed by atoms with Crippen molar-refractivity contribution in [1.82, 2.24) is 9.55 Å². The number of fused-ring (bicyclic) bond motifs is 1. The number of aromatic nitrogens is 2. The molecule has 1 unspecified atom stereocenters. The molecule has 1 N–H and O–H groups in total. The summed E-state index contributed by atoms with van der Waals surface area (Å²) in [7, 11) is 0. The van der Waals surface area contributed by atoms with E-state index < -0.39 is 0 Å². The molecule has 18 heavy (non-hydrogen) atoms. The van der Waals surface area contributed by atoms with Crippen LogP contribution in [0.1, 0.15) is 35.9 Å². The SMILES string of the molecule is Cc1cc2c(n1-c1ncccc1Br)CCCC2O. The summed E-state index contributed by atoms with van der Waals surface area (Å²) in [6.45, 7) is 2.06. The van der Waals surface area contributed by atoms with Gasteiger partial charge in [-0.25, -0.2) is 4.98 Å². The van der Waals surface area contributed by atoms with Crippen molar-refractivity contribution in [3.8, 4) is 5.82 Å². The lowest BCUT2D eigenvalue weighted by Crippen LogP contribution is -2.12. The number of aryl methyl sites for hydroxylation is 1. The van der Waals surface area contributed by atoms with E-state index in [-0.39, 0.29) is 6.10 Å². The van der Waals surface area contributed by atoms with Gasteiger partial charge in [-0.1, -0.05) is 0 Å². The van der Waals surface area contributed by atoms with Gasteiger partial charge in [-0.3, -0.25) is 0 Å². The number of hydrogen-bond acceptors (Lipinski definition) is 2. The van der Waals surface area contributed by atoms with Gasteiger partial charge >= 0.3 is 0 Å². The molecule has 0 spiro atoms. The van der Waals surface area contributed by atoms with Crippen LogP contribution in [0.15, 0.2) is 28.9 Å². The molecule has 2 heterocycles. The van der Waals surface area contributed by atoms with Crippen LogP contribution < -0.4 is 0 Å². The summed E-state index contributed by atoms with van der Waals surface area (Å²) in [6.07, 6.45) is 4.37. The minimum Gasteiger partial charge on any atom is -0.388 e. The zero-order chi connectivity index (χ0) is 12.7. The lowest BCUT2D eigenvalue weighted by molar-refractivity contribution is 0.156. The molecule has 0 amide bonds. The van der Waals surface area contributed by atoms with E-state index >= 15 is 0 Å². The van der Waals surface area contributed by atoms with Gasteiger partial charge in [0.1, 0.15) is 0 Å². The minimum absolute atomic E-state index is 0.323. The van der Waals surface area contributed by atoms with E-state index in [2.05, 4.69) is 38.5 Å². The summed E-state index contributed by atoms with van der Waals surface area (Å²) >= 11 is 3.55. The second-order valence-corrected chi connectivity index (χ2v) is 5.59. The molecule has 3 rings (SSSR count). The molecule has 0 saturated carbocycles. The summed E-state index contributed by atoms with van der Waals surface area (Å²) in [5.41, 5.74) is 3.39. The van der Waals surface area contributed by atoms with E-state index in [0.29, 0.717) is 0 Å². The van der Waals surface area contributed by atoms with Crippen molar-refractivity contribution in [2.24, 2.45) is 0 Å². The van der Waals surface area contributed by atoms with Gasteiger partial charge in [0.05, 0.1) is 10.6 Å². The van der Waals surface area contributed by atoms with E-state index in [9.17, 15) is 5.11 Å². The molecule has 0 aromatic carbocycles. The van der Waals surface area contributed by atoms with Gasteiger partial charge in [-0.05, 0) is 60.3 Å². The largest absolute Gasteiger partial charge is 0.388 e. The van der Waals surface area contributed by atoms with Crippen LogP contribution in [0.25, 0.3) is 5.82 Å². The summed E-state index contributed by atoms with van der Waals surface area (Å²) in [5, 5.41) is 10.1. The second kappa shape index (κ2) is 4.52. The van der Waals surface area contributed by atoms with Crippen LogP contribution in [0.2, 0.25) is 0 Å². The Morgan fingerprint density at radius 2 is 2.33 bits per heavy atom. The molecule has 4 heteroatoms. The number of aliphatic hydroxyl groups excluding tert-OH is 1. The Morgan fingerprint density at radius 1 is 1.50 bits per heavy atom. The number of pyridine rings is 1. The van der Waals surface area contributed by atoms with Crippen LogP contribution in [-0.2, 0) is 6.42 Å². The van der Waals surface area contributed by atoms with E-state index in [0.717, 1.165) is 40.8 Å². The highest BCUT2D eigenvalue weighted by atomic mass is 79.9. The highest BCUT2D eigenvalue weighted by Crippen LogP contribution is 2.34. The van der Waals surface area contributed by atoms with E-state index in [1.165, 1.54) is 5.69 Å². The van der Waals surface area contributed by atoms with Crippen LogP contribution in [-0.4, -0.2) is 14.7 Å². The Kier molecular flexibility index (Phi) is 2.99. The third-order valence-electron chi connectivity index (χ3n) is 3.52. The molecule has 3 nitrogen and oxygen atoms in total. The molecule has 0 saturated heterocycles. The molecule has 94 valence electrons. The van der Waals surface area contributed by atoms with E-state index in [1.54, 1.807) is 6.20 Å². The molecule has 2 aromatic rings. The van der Waals surface area contributed by atoms with E-state index in [4.69, 9.17) is 0 Å². The zero-order valence-corrected chi connectivity index (χ0v) is 11.8. The van der Waals surface area contributed by atoms with Gasteiger partial charge in [-0.2, -0.15) is 0 Å². The van der Waals surface area contributed by atoms with Crippen molar-refractivity contribution >= 4 is 15.9 Å². The molecular weight excluding hydrogens is 292 g/mol. The Morgan fingerprint density at radius 3 is 3.11 bits per heavy atom. The second-order valence-electron chi connectivity index (χ2n) is 4.74. The van der Waals surface area contributed by atoms with Crippen LogP contribution in [0.3, 0.4) is 0 Å². The quantitative estimate of drug-likeness (QED) is 0.878. The average Bonchev–Trinajstić information content (AvgIpc) is 2.68. The molecule has 0 bridgehead atoms. The number of hydrogen-bond donors (Lipinski definition) is 1. The molecule has 1 atom stereocenters. The molecule has 2 aromatic heterocycles. The molecular formula is C14H15BrN2O. The normalized spacial score (nSPS) is 18.7. The minimum atomic E-state index is -0.323. The Bertz CT molecular complexity index is 591. The molecule has 0 fully saturated rings. The summed E-state index contributed by atoms with van der Waals surface area (Å²) in [4.78, 5) is 4.45. The smallest absolute Gasteiger partial charge is 0.151 e. The van der Waals surface area contributed by atoms with Crippen molar-refractivity contribution in [3.63, 3.8) is 0 Å². The fourth-order valence-corrected chi connectivity index (χ4v) is 3.15. The van der Waals surface area contributed by atoms with Gasteiger partial charge in [0.2, 0.25) is 0 Å². The first-order valence-corrected chi connectivity index (χ1v) is 6.98. The van der Waals surface area contributed by atoms with Crippen LogP contribution in [0.4, 0.5) is 0 Å². The van der Waals surface area contributed by atoms with Gasteiger partial charge in [0.15, 0.2) is 5.82 Å². The first kappa shape index (κ1) is 11.9. The van der Waals surface area contributed by atoms with Gasteiger partial charge < -0.3 is 9.67 Å². The van der Waals surface area contributed by atoms with Gasteiger partial charge in [0.25, 0.3) is 0 Å². The number of halogens is 1. The zero-order valence-electron chi connectivity index (χ0n) is 10.2.